The van der Waals surface area contributed by atoms with Crippen molar-refractivity contribution in [3.05, 3.63) is 83.1 Å². The fourth-order valence-corrected chi connectivity index (χ4v) is 3.66. The van der Waals surface area contributed by atoms with Crippen LogP contribution >= 0.6 is 0 Å². The van der Waals surface area contributed by atoms with Crippen LogP contribution in [0, 0.1) is 6.92 Å². The Labute approximate surface area is 171 Å². The molecule has 0 saturated heterocycles. The summed E-state index contributed by atoms with van der Waals surface area (Å²) in [6.45, 7) is 4.16. The third-order valence-electron chi connectivity index (χ3n) is 5.33. The van der Waals surface area contributed by atoms with E-state index in [1.165, 1.54) is 11.1 Å². The Morgan fingerprint density at radius 2 is 1.86 bits per heavy atom. The van der Waals surface area contributed by atoms with Crippen LogP contribution in [0.2, 0.25) is 0 Å². The van der Waals surface area contributed by atoms with E-state index in [4.69, 9.17) is 0 Å². The third-order valence-corrected chi connectivity index (χ3v) is 5.33. The van der Waals surface area contributed by atoms with Gasteiger partial charge in [0.05, 0.1) is 0 Å². The molecule has 0 radical (unpaired) electrons. The molecule has 0 unspecified atom stereocenters. The summed E-state index contributed by atoms with van der Waals surface area (Å²) < 4.78 is 0. The van der Waals surface area contributed by atoms with Gasteiger partial charge in [0.25, 0.3) is 5.91 Å². The van der Waals surface area contributed by atoms with Gasteiger partial charge in [0.2, 0.25) is 0 Å². The minimum Gasteiger partial charge on any atom is -0.352 e. The second kappa shape index (κ2) is 8.39. The van der Waals surface area contributed by atoms with Crippen molar-refractivity contribution in [2.24, 2.45) is 0 Å². The zero-order valence-corrected chi connectivity index (χ0v) is 16.9. The van der Waals surface area contributed by atoms with Crippen molar-refractivity contribution < 1.29 is 4.79 Å². The number of aryl methyl sites for hydroxylation is 1. The van der Waals surface area contributed by atoms with Crippen LogP contribution in [0.4, 0.5) is 5.82 Å². The number of pyridine rings is 1. The summed E-state index contributed by atoms with van der Waals surface area (Å²) in [6.07, 6.45) is 5.31. The van der Waals surface area contributed by atoms with Crippen LogP contribution in [0.5, 0.6) is 0 Å². The Hall–Kier alpha value is -3.28. The average molecular weight is 387 g/mol. The summed E-state index contributed by atoms with van der Waals surface area (Å²) in [5.74, 6) is 1.35. The summed E-state index contributed by atoms with van der Waals surface area (Å²) in [7, 11) is 1.82. The maximum atomic E-state index is 13.0. The monoisotopic (exact) mass is 387 g/mol. The zero-order valence-electron chi connectivity index (χ0n) is 16.9. The number of carbonyl (C=O) groups is 1. The van der Waals surface area contributed by atoms with Crippen LogP contribution in [0.1, 0.15) is 33.0 Å². The molecule has 0 saturated carbocycles. The van der Waals surface area contributed by atoms with Crippen molar-refractivity contribution in [2.45, 2.75) is 26.3 Å². The lowest BCUT2D eigenvalue weighted by Crippen LogP contribution is -2.33. The van der Waals surface area contributed by atoms with Gasteiger partial charge in [0.15, 0.2) is 0 Å². The maximum absolute atomic E-state index is 13.0. The molecule has 1 aromatic carbocycles. The molecule has 6 nitrogen and oxygen atoms in total. The fraction of sp³-hybridized carbons (Fsp3) is 0.304. The number of anilines is 1. The molecule has 0 fully saturated rings. The maximum Gasteiger partial charge on any atom is 0.272 e. The summed E-state index contributed by atoms with van der Waals surface area (Å²) in [6, 6.07) is 14.3. The molecule has 1 aliphatic heterocycles. The van der Waals surface area contributed by atoms with Crippen molar-refractivity contribution in [3.8, 4) is 0 Å². The van der Waals surface area contributed by atoms with Gasteiger partial charge in [-0.25, -0.2) is 9.97 Å². The molecular formula is C23H25N5O. The highest BCUT2D eigenvalue weighted by Crippen LogP contribution is 2.23. The topological polar surface area (TPSA) is 62.2 Å². The average Bonchev–Trinajstić information content (AvgIpc) is 2.77. The van der Waals surface area contributed by atoms with Crippen LogP contribution < -0.4 is 4.90 Å². The van der Waals surface area contributed by atoms with Gasteiger partial charge in [-0.15, -0.1) is 0 Å². The lowest BCUT2D eigenvalue weighted by atomic mass is 10.00. The van der Waals surface area contributed by atoms with Crippen molar-refractivity contribution >= 4 is 11.7 Å². The van der Waals surface area contributed by atoms with E-state index in [0.717, 1.165) is 37.3 Å². The molecule has 29 heavy (non-hydrogen) atoms. The number of nitrogens with zero attached hydrogens (tertiary/aromatic N) is 5. The standard InChI is InChI=1S/C23H25N5O/c1-17-25-21(23(29)27(2)13-9-18-7-11-24-12-8-18)15-22(26-17)28-14-10-19-5-3-4-6-20(19)16-28/h3-8,11-12,15H,9-10,13-14,16H2,1-2H3. The fourth-order valence-electron chi connectivity index (χ4n) is 3.66. The molecule has 3 aromatic rings. The first-order chi connectivity index (χ1) is 14.1. The molecule has 4 rings (SSSR count). The largest absolute Gasteiger partial charge is 0.352 e. The Morgan fingerprint density at radius 3 is 2.66 bits per heavy atom. The summed E-state index contributed by atoms with van der Waals surface area (Å²) in [4.78, 5) is 29.9. The minimum atomic E-state index is -0.0804. The van der Waals surface area contributed by atoms with Crippen LogP contribution in [0.3, 0.4) is 0 Å². The Morgan fingerprint density at radius 1 is 1.10 bits per heavy atom. The highest BCUT2D eigenvalue weighted by Gasteiger charge is 2.21. The van der Waals surface area contributed by atoms with E-state index in [1.54, 1.807) is 17.3 Å². The van der Waals surface area contributed by atoms with Gasteiger partial charge in [-0.3, -0.25) is 9.78 Å². The van der Waals surface area contributed by atoms with E-state index in [9.17, 15) is 4.79 Å². The van der Waals surface area contributed by atoms with Crippen LogP contribution in [0.15, 0.2) is 54.9 Å². The summed E-state index contributed by atoms with van der Waals surface area (Å²) in [5.41, 5.74) is 4.31. The molecule has 6 heteroatoms. The van der Waals surface area contributed by atoms with Crippen molar-refractivity contribution in [2.75, 3.05) is 25.0 Å². The SMILES string of the molecule is Cc1nc(C(=O)N(C)CCc2ccncc2)cc(N2CCc3ccccc3C2)n1. The van der Waals surface area contributed by atoms with Crippen LogP contribution in [-0.4, -0.2) is 45.9 Å². The Balaban J connectivity index is 1.48. The zero-order chi connectivity index (χ0) is 20.2. The number of carbonyl (C=O) groups excluding carboxylic acids is 1. The second-order valence-electron chi connectivity index (χ2n) is 7.43. The molecule has 3 heterocycles. The number of aromatic nitrogens is 3. The predicted molar refractivity (Wildman–Crippen MR) is 113 cm³/mol. The highest BCUT2D eigenvalue weighted by atomic mass is 16.2. The van der Waals surface area contributed by atoms with E-state index in [2.05, 4.69) is 44.1 Å². The molecule has 2 aromatic heterocycles. The molecule has 0 spiro atoms. The number of hydrogen-bond donors (Lipinski definition) is 0. The molecule has 1 amide bonds. The molecular weight excluding hydrogens is 362 g/mol. The molecule has 148 valence electrons. The molecule has 0 aliphatic carbocycles. The van der Waals surface area contributed by atoms with Gasteiger partial charge in [0.1, 0.15) is 17.3 Å². The third kappa shape index (κ3) is 4.42. The number of amides is 1. The van der Waals surface area contributed by atoms with Crippen molar-refractivity contribution in [1.82, 2.24) is 19.9 Å². The first kappa shape index (κ1) is 19.1. The first-order valence-electron chi connectivity index (χ1n) is 9.92. The Kier molecular flexibility index (Phi) is 5.51. The quantitative estimate of drug-likeness (QED) is 0.673. The van der Waals surface area contributed by atoms with E-state index in [0.29, 0.717) is 18.1 Å². The van der Waals surface area contributed by atoms with Gasteiger partial charge in [-0.2, -0.15) is 0 Å². The van der Waals surface area contributed by atoms with Gasteiger partial charge in [-0.1, -0.05) is 24.3 Å². The minimum absolute atomic E-state index is 0.0804. The van der Waals surface area contributed by atoms with Gasteiger partial charge >= 0.3 is 0 Å². The number of benzene rings is 1. The van der Waals surface area contributed by atoms with E-state index < -0.39 is 0 Å². The number of fused-ring (bicyclic) bond motifs is 1. The molecule has 1 aliphatic rings. The number of likely N-dealkylation sites (N-methyl/N-ethyl adjacent to an activating group) is 1. The molecule has 0 N–H and O–H groups in total. The van der Waals surface area contributed by atoms with E-state index in [-0.39, 0.29) is 5.91 Å². The van der Waals surface area contributed by atoms with Crippen LogP contribution in [-0.2, 0) is 19.4 Å². The Bertz CT molecular complexity index is 1010. The highest BCUT2D eigenvalue weighted by molar-refractivity contribution is 5.92. The van der Waals surface area contributed by atoms with E-state index >= 15 is 0 Å². The van der Waals surface area contributed by atoms with E-state index in [1.807, 2.05) is 32.2 Å². The summed E-state index contributed by atoms with van der Waals surface area (Å²) >= 11 is 0. The van der Waals surface area contributed by atoms with Crippen molar-refractivity contribution in [1.29, 1.82) is 0 Å². The van der Waals surface area contributed by atoms with Gasteiger partial charge < -0.3 is 9.80 Å². The first-order valence-corrected chi connectivity index (χ1v) is 9.92. The molecule has 0 atom stereocenters. The lowest BCUT2D eigenvalue weighted by Gasteiger charge is -2.30. The lowest BCUT2D eigenvalue weighted by molar-refractivity contribution is 0.0790. The normalized spacial score (nSPS) is 13.1. The summed E-state index contributed by atoms with van der Waals surface area (Å²) in [5, 5.41) is 0. The molecule has 0 bridgehead atoms. The van der Waals surface area contributed by atoms with Crippen LogP contribution in [0.25, 0.3) is 0 Å². The smallest absolute Gasteiger partial charge is 0.272 e. The predicted octanol–water partition coefficient (Wildman–Crippen LogP) is 3.06. The van der Waals surface area contributed by atoms with Gasteiger partial charge in [0, 0.05) is 45.1 Å². The van der Waals surface area contributed by atoms with Gasteiger partial charge in [-0.05, 0) is 48.6 Å². The number of rotatable bonds is 5. The number of hydrogen-bond acceptors (Lipinski definition) is 5. The second-order valence-corrected chi connectivity index (χ2v) is 7.43. The van der Waals surface area contributed by atoms with Crippen molar-refractivity contribution in [3.63, 3.8) is 0 Å².